The molecule has 94 valence electrons. The summed E-state index contributed by atoms with van der Waals surface area (Å²) in [5.74, 6) is -1.09. The number of amides is 1. The summed E-state index contributed by atoms with van der Waals surface area (Å²) in [6, 6.07) is 9.52. The molecule has 0 aromatic heterocycles. The molecule has 5 heteroatoms. The van der Waals surface area contributed by atoms with Crippen LogP contribution in [0.5, 0.6) is 0 Å². The van der Waals surface area contributed by atoms with Gasteiger partial charge in [-0.1, -0.05) is 30.3 Å². The van der Waals surface area contributed by atoms with Crippen molar-refractivity contribution in [2.45, 2.75) is 12.5 Å². The molecule has 1 aromatic rings. The molecule has 1 aromatic carbocycles. The average Bonchev–Trinajstić information content (AvgIpc) is 2.69. The predicted octanol–water partition coefficient (Wildman–Crippen LogP) is 1.65. The molecular formula is C13H13NO4. The number of carbonyl (C=O) groups is 2. The quantitative estimate of drug-likeness (QED) is 0.821. The van der Waals surface area contributed by atoms with Gasteiger partial charge in [0.2, 0.25) is 0 Å². The highest BCUT2D eigenvalue weighted by Gasteiger charge is 2.31. The lowest BCUT2D eigenvalue weighted by atomic mass is 10.1. The summed E-state index contributed by atoms with van der Waals surface area (Å²) in [5.41, 5.74) is 1.08. The summed E-state index contributed by atoms with van der Waals surface area (Å²) in [4.78, 5) is 23.2. The molecule has 1 N–H and O–H groups in total. The molecule has 2 rings (SSSR count). The molecule has 0 radical (unpaired) electrons. The molecule has 0 aliphatic carbocycles. The SMILES string of the molecule is O=C(O)C=CN1C(=O)OCC1Cc1ccccc1. The van der Waals surface area contributed by atoms with Crippen molar-refractivity contribution in [2.75, 3.05) is 6.61 Å². The van der Waals surface area contributed by atoms with Gasteiger partial charge in [-0.05, 0) is 12.0 Å². The predicted molar refractivity (Wildman–Crippen MR) is 63.9 cm³/mol. The van der Waals surface area contributed by atoms with Crippen LogP contribution in [0, 0.1) is 0 Å². The largest absolute Gasteiger partial charge is 0.478 e. The molecule has 1 atom stereocenters. The smallest absolute Gasteiger partial charge is 0.414 e. The van der Waals surface area contributed by atoms with Gasteiger partial charge in [0.25, 0.3) is 0 Å². The maximum atomic E-state index is 11.4. The van der Waals surface area contributed by atoms with E-state index in [1.807, 2.05) is 30.3 Å². The fraction of sp³-hybridized carbons (Fsp3) is 0.231. The van der Waals surface area contributed by atoms with Gasteiger partial charge in [-0.2, -0.15) is 0 Å². The van der Waals surface area contributed by atoms with E-state index in [1.54, 1.807) is 0 Å². The lowest BCUT2D eigenvalue weighted by Gasteiger charge is -2.16. The Balaban J connectivity index is 2.07. The van der Waals surface area contributed by atoms with Crippen LogP contribution < -0.4 is 0 Å². The Labute approximate surface area is 104 Å². The molecule has 5 nitrogen and oxygen atoms in total. The molecule has 0 bridgehead atoms. The number of ether oxygens (including phenoxy) is 1. The van der Waals surface area contributed by atoms with Crippen LogP contribution in [0.15, 0.2) is 42.6 Å². The highest BCUT2D eigenvalue weighted by molar-refractivity contribution is 5.81. The molecule has 1 unspecified atom stereocenters. The number of hydrogen-bond donors (Lipinski definition) is 1. The van der Waals surface area contributed by atoms with Crippen molar-refractivity contribution in [2.24, 2.45) is 0 Å². The number of aliphatic carboxylic acids is 1. The monoisotopic (exact) mass is 247 g/mol. The number of cyclic esters (lactones) is 1. The third kappa shape index (κ3) is 2.88. The lowest BCUT2D eigenvalue weighted by molar-refractivity contribution is -0.131. The first-order valence-corrected chi connectivity index (χ1v) is 5.57. The van der Waals surface area contributed by atoms with Crippen molar-refractivity contribution < 1.29 is 19.4 Å². The maximum absolute atomic E-state index is 11.4. The minimum absolute atomic E-state index is 0.157. The van der Waals surface area contributed by atoms with Crippen LogP contribution in [-0.2, 0) is 16.0 Å². The van der Waals surface area contributed by atoms with E-state index < -0.39 is 12.1 Å². The number of carboxylic acid groups (broad SMARTS) is 1. The molecule has 18 heavy (non-hydrogen) atoms. The molecule has 0 spiro atoms. The topological polar surface area (TPSA) is 66.8 Å². The zero-order valence-corrected chi connectivity index (χ0v) is 9.65. The highest BCUT2D eigenvalue weighted by Crippen LogP contribution is 2.17. The van der Waals surface area contributed by atoms with Crippen LogP contribution >= 0.6 is 0 Å². The van der Waals surface area contributed by atoms with E-state index in [2.05, 4.69) is 0 Å². The van der Waals surface area contributed by atoms with Crippen molar-refractivity contribution >= 4 is 12.1 Å². The van der Waals surface area contributed by atoms with Gasteiger partial charge in [0.15, 0.2) is 0 Å². The number of carbonyl (C=O) groups excluding carboxylic acids is 1. The number of benzene rings is 1. The average molecular weight is 247 g/mol. The van der Waals surface area contributed by atoms with E-state index in [-0.39, 0.29) is 12.6 Å². The Morgan fingerprint density at radius 3 is 2.83 bits per heavy atom. The molecule has 1 aliphatic heterocycles. The first kappa shape index (κ1) is 12.2. The molecule has 0 saturated carbocycles. The summed E-state index contributed by atoms with van der Waals surface area (Å²) >= 11 is 0. The van der Waals surface area contributed by atoms with Crippen molar-refractivity contribution in [3.63, 3.8) is 0 Å². The van der Waals surface area contributed by atoms with Crippen molar-refractivity contribution in [3.8, 4) is 0 Å². The van der Waals surface area contributed by atoms with Crippen LogP contribution in [0.4, 0.5) is 4.79 Å². The van der Waals surface area contributed by atoms with Gasteiger partial charge in [-0.25, -0.2) is 9.59 Å². The van der Waals surface area contributed by atoms with Gasteiger partial charge < -0.3 is 9.84 Å². The Morgan fingerprint density at radius 1 is 1.44 bits per heavy atom. The normalized spacial score (nSPS) is 19.2. The van der Waals surface area contributed by atoms with E-state index in [4.69, 9.17) is 9.84 Å². The standard InChI is InChI=1S/C13H13NO4/c15-12(16)6-7-14-11(9-18-13(14)17)8-10-4-2-1-3-5-10/h1-7,11H,8-9H2,(H,15,16). The summed E-state index contributed by atoms with van der Waals surface area (Å²) in [5, 5.41) is 8.57. The molecule has 1 aliphatic rings. The van der Waals surface area contributed by atoms with Crippen LogP contribution in [0.25, 0.3) is 0 Å². The minimum Gasteiger partial charge on any atom is -0.478 e. The number of rotatable bonds is 4. The number of nitrogens with zero attached hydrogens (tertiary/aromatic N) is 1. The van der Waals surface area contributed by atoms with Gasteiger partial charge in [-0.3, -0.25) is 4.90 Å². The van der Waals surface area contributed by atoms with Gasteiger partial charge in [-0.15, -0.1) is 0 Å². The summed E-state index contributed by atoms with van der Waals surface area (Å²) in [6.45, 7) is 0.275. The summed E-state index contributed by atoms with van der Waals surface area (Å²) in [6.07, 6.45) is 2.32. The second kappa shape index (κ2) is 5.35. The molecule has 1 fully saturated rings. The second-order valence-corrected chi connectivity index (χ2v) is 3.98. The number of carboxylic acids is 1. The molecule has 1 amide bonds. The molecule has 1 saturated heterocycles. The zero-order valence-electron chi connectivity index (χ0n) is 9.65. The van der Waals surface area contributed by atoms with E-state index in [9.17, 15) is 9.59 Å². The van der Waals surface area contributed by atoms with Gasteiger partial charge in [0.05, 0.1) is 6.04 Å². The highest BCUT2D eigenvalue weighted by atomic mass is 16.6. The van der Waals surface area contributed by atoms with Gasteiger partial charge >= 0.3 is 12.1 Å². The zero-order chi connectivity index (χ0) is 13.0. The van der Waals surface area contributed by atoms with Crippen molar-refractivity contribution in [1.29, 1.82) is 0 Å². The maximum Gasteiger partial charge on any atom is 0.414 e. The Morgan fingerprint density at radius 2 is 2.17 bits per heavy atom. The van der Waals surface area contributed by atoms with E-state index in [0.717, 1.165) is 11.6 Å². The fourth-order valence-corrected chi connectivity index (χ4v) is 1.84. The fourth-order valence-electron chi connectivity index (χ4n) is 1.84. The summed E-state index contributed by atoms with van der Waals surface area (Å²) < 4.78 is 4.93. The van der Waals surface area contributed by atoms with Crippen LogP contribution in [0.1, 0.15) is 5.56 Å². The third-order valence-corrected chi connectivity index (χ3v) is 2.70. The van der Waals surface area contributed by atoms with E-state index >= 15 is 0 Å². The first-order valence-electron chi connectivity index (χ1n) is 5.57. The Kier molecular flexibility index (Phi) is 3.62. The minimum atomic E-state index is -1.09. The summed E-state index contributed by atoms with van der Waals surface area (Å²) in [7, 11) is 0. The second-order valence-electron chi connectivity index (χ2n) is 3.98. The number of hydrogen-bond acceptors (Lipinski definition) is 3. The third-order valence-electron chi connectivity index (χ3n) is 2.70. The molecular weight excluding hydrogens is 234 g/mol. The van der Waals surface area contributed by atoms with Crippen LogP contribution in [0.3, 0.4) is 0 Å². The van der Waals surface area contributed by atoms with Crippen LogP contribution in [0.2, 0.25) is 0 Å². The van der Waals surface area contributed by atoms with Crippen molar-refractivity contribution in [3.05, 3.63) is 48.2 Å². The van der Waals surface area contributed by atoms with E-state index in [1.165, 1.54) is 11.1 Å². The van der Waals surface area contributed by atoms with E-state index in [0.29, 0.717) is 6.42 Å². The van der Waals surface area contributed by atoms with Crippen LogP contribution in [-0.4, -0.2) is 34.7 Å². The first-order chi connectivity index (χ1) is 8.66. The molecule has 1 heterocycles. The van der Waals surface area contributed by atoms with Gasteiger partial charge in [0, 0.05) is 12.3 Å². The lowest BCUT2D eigenvalue weighted by Crippen LogP contribution is -2.30. The Bertz CT molecular complexity index is 469. The van der Waals surface area contributed by atoms with Gasteiger partial charge in [0.1, 0.15) is 6.61 Å². The van der Waals surface area contributed by atoms with Crippen molar-refractivity contribution in [1.82, 2.24) is 4.90 Å². The Hall–Kier alpha value is -2.30.